The molecule has 0 saturated carbocycles. The number of carbonyl (C=O) groups is 1. The van der Waals surface area contributed by atoms with Crippen molar-refractivity contribution in [2.45, 2.75) is 32.4 Å². The fraction of sp³-hybridized carbons (Fsp3) is 0.417. The van der Waals surface area contributed by atoms with Gasteiger partial charge >= 0.3 is 0 Å². The summed E-state index contributed by atoms with van der Waals surface area (Å²) in [6, 6.07) is 7.75. The molecular weight excluding hydrogens is 174 g/mol. The van der Waals surface area contributed by atoms with Gasteiger partial charge in [-0.1, -0.05) is 24.3 Å². The fourth-order valence-corrected chi connectivity index (χ4v) is 2.16. The lowest BCUT2D eigenvalue weighted by molar-refractivity contribution is 0.0909. The fourth-order valence-electron chi connectivity index (χ4n) is 2.16. The van der Waals surface area contributed by atoms with Crippen LogP contribution in [0.15, 0.2) is 24.3 Å². The molecule has 1 aliphatic rings. The molecule has 74 valence electrons. The Morgan fingerprint density at radius 3 is 2.64 bits per heavy atom. The minimum Gasteiger partial charge on any atom is -0.298 e. The predicted octanol–water partition coefficient (Wildman–Crippen LogP) is 2.10. The maximum atomic E-state index is 11.8. The number of carbonyl (C=O) groups excluding carboxylic acids is 1. The predicted molar refractivity (Wildman–Crippen MR) is 56.4 cm³/mol. The van der Waals surface area contributed by atoms with Gasteiger partial charge in [-0.25, -0.2) is 0 Å². The van der Waals surface area contributed by atoms with E-state index in [-0.39, 0.29) is 17.4 Å². The second kappa shape index (κ2) is 2.92. The first-order chi connectivity index (χ1) is 6.52. The van der Waals surface area contributed by atoms with Gasteiger partial charge in [0.15, 0.2) is 5.78 Å². The normalized spacial score (nSPS) is 24.5. The molecule has 0 aromatic heterocycles. The minimum atomic E-state index is -0.107. The van der Waals surface area contributed by atoms with Crippen LogP contribution in [-0.2, 0) is 5.54 Å². The summed E-state index contributed by atoms with van der Waals surface area (Å²) in [6.45, 7) is 6.13. The summed E-state index contributed by atoms with van der Waals surface area (Å²) < 4.78 is 0. The quantitative estimate of drug-likeness (QED) is 0.677. The monoisotopic (exact) mass is 189 g/mol. The van der Waals surface area contributed by atoms with Crippen molar-refractivity contribution < 1.29 is 4.79 Å². The Kier molecular flexibility index (Phi) is 1.96. The standard InChI is InChI=1S/C12H15NO/c1-8-11(14)9-6-4-5-7-10(9)12(2,3)13-8/h4-8,13H,1-3H3. The highest BCUT2D eigenvalue weighted by molar-refractivity contribution is 6.02. The van der Waals surface area contributed by atoms with Gasteiger partial charge in [0.25, 0.3) is 0 Å². The highest BCUT2D eigenvalue weighted by Crippen LogP contribution is 2.29. The van der Waals surface area contributed by atoms with Gasteiger partial charge in [-0.2, -0.15) is 0 Å². The van der Waals surface area contributed by atoms with Gasteiger partial charge in [0.1, 0.15) is 0 Å². The van der Waals surface area contributed by atoms with E-state index >= 15 is 0 Å². The summed E-state index contributed by atoms with van der Waals surface area (Å²) in [5.41, 5.74) is 1.86. The molecule has 1 heterocycles. The molecule has 0 saturated heterocycles. The van der Waals surface area contributed by atoms with Gasteiger partial charge < -0.3 is 0 Å². The lowest BCUT2D eigenvalue weighted by atomic mass is 9.82. The molecule has 0 bridgehead atoms. The summed E-state index contributed by atoms with van der Waals surface area (Å²) >= 11 is 0. The highest BCUT2D eigenvalue weighted by Gasteiger charge is 2.34. The number of rotatable bonds is 0. The van der Waals surface area contributed by atoms with Gasteiger partial charge in [0.2, 0.25) is 0 Å². The zero-order valence-corrected chi connectivity index (χ0v) is 8.79. The molecule has 1 aromatic carbocycles. The summed E-state index contributed by atoms with van der Waals surface area (Å²) in [5, 5.41) is 3.31. The average Bonchev–Trinajstić information content (AvgIpc) is 2.14. The molecule has 1 unspecified atom stereocenters. The Labute approximate surface area is 84.3 Å². The van der Waals surface area contributed by atoms with E-state index in [1.807, 2.05) is 31.2 Å². The minimum absolute atomic E-state index is 0.0834. The second-order valence-electron chi connectivity index (χ2n) is 4.40. The third-order valence-electron chi connectivity index (χ3n) is 2.84. The smallest absolute Gasteiger partial charge is 0.179 e. The largest absolute Gasteiger partial charge is 0.298 e. The second-order valence-corrected chi connectivity index (χ2v) is 4.40. The van der Waals surface area contributed by atoms with E-state index in [4.69, 9.17) is 0 Å². The topological polar surface area (TPSA) is 29.1 Å². The van der Waals surface area contributed by atoms with Gasteiger partial charge in [0, 0.05) is 11.1 Å². The van der Waals surface area contributed by atoms with Crippen LogP contribution >= 0.6 is 0 Å². The third kappa shape index (κ3) is 1.26. The molecule has 1 aromatic rings. The molecule has 1 N–H and O–H groups in total. The Hall–Kier alpha value is -1.15. The maximum absolute atomic E-state index is 11.8. The molecular formula is C12H15NO. The van der Waals surface area contributed by atoms with E-state index < -0.39 is 0 Å². The number of ketones is 1. The van der Waals surface area contributed by atoms with Crippen LogP contribution in [0, 0.1) is 0 Å². The summed E-state index contributed by atoms with van der Waals surface area (Å²) in [4.78, 5) is 11.8. The first-order valence-corrected chi connectivity index (χ1v) is 4.94. The summed E-state index contributed by atoms with van der Waals surface area (Å²) in [5.74, 6) is 0.194. The van der Waals surface area contributed by atoms with Crippen LogP contribution < -0.4 is 5.32 Å². The van der Waals surface area contributed by atoms with Crippen LogP contribution in [-0.4, -0.2) is 11.8 Å². The number of hydrogen-bond acceptors (Lipinski definition) is 2. The van der Waals surface area contributed by atoms with Crippen molar-refractivity contribution in [2.75, 3.05) is 0 Å². The molecule has 0 spiro atoms. The molecule has 2 heteroatoms. The lowest BCUT2D eigenvalue weighted by Gasteiger charge is -2.36. The molecule has 14 heavy (non-hydrogen) atoms. The Morgan fingerprint density at radius 2 is 1.93 bits per heavy atom. The number of Topliss-reactive ketones (excluding diaryl/α,β-unsaturated/α-hetero) is 1. The average molecular weight is 189 g/mol. The lowest BCUT2D eigenvalue weighted by Crippen LogP contribution is -2.51. The van der Waals surface area contributed by atoms with Crippen LogP contribution in [0.4, 0.5) is 0 Å². The maximum Gasteiger partial charge on any atom is 0.179 e. The van der Waals surface area contributed by atoms with Crippen molar-refractivity contribution in [1.82, 2.24) is 5.32 Å². The van der Waals surface area contributed by atoms with E-state index in [0.29, 0.717) is 0 Å². The molecule has 1 aliphatic heterocycles. The van der Waals surface area contributed by atoms with E-state index in [1.165, 1.54) is 0 Å². The molecule has 2 rings (SSSR count). The number of benzene rings is 1. The molecule has 0 fully saturated rings. The highest BCUT2D eigenvalue weighted by atomic mass is 16.1. The van der Waals surface area contributed by atoms with Crippen molar-refractivity contribution in [1.29, 1.82) is 0 Å². The van der Waals surface area contributed by atoms with Crippen LogP contribution in [0.25, 0.3) is 0 Å². The van der Waals surface area contributed by atoms with Crippen molar-refractivity contribution >= 4 is 5.78 Å². The van der Waals surface area contributed by atoms with Crippen molar-refractivity contribution in [3.63, 3.8) is 0 Å². The zero-order valence-electron chi connectivity index (χ0n) is 8.79. The van der Waals surface area contributed by atoms with Gasteiger partial charge in [0.05, 0.1) is 6.04 Å². The van der Waals surface area contributed by atoms with Crippen LogP contribution in [0.5, 0.6) is 0 Å². The third-order valence-corrected chi connectivity index (χ3v) is 2.84. The molecule has 0 amide bonds. The van der Waals surface area contributed by atoms with Crippen LogP contribution in [0.3, 0.4) is 0 Å². The van der Waals surface area contributed by atoms with E-state index in [1.54, 1.807) is 0 Å². The number of fused-ring (bicyclic) bond motifs is 1. The molecule has 1 atom stereocenters. The summed E-state index contributed by atoms with van der Waals surface area (Å²) in [6.07, 6.45) is 0. The zero-order chi connectivity index (χ0) is 10.3. The number of nitrogens with one attached hydrogen (secondary N) is 1. The van der Waals surface area contributed by atoms with Crippen LogP contribution in [0.2, 0.25) is 0 Å². The molecule has 0 aliphatic carbocycles. The van der Waals surface area contributed by atoms with E-state index in [0.717, 1.165) is 11.1 Å². The van der Waals surface area contributed by atoms with E-state index in [9.17, 15) is 4.79 Å². The van der Waals surface area contributed by atoms with Crippen molar-refractivity contribution in [3.8, 4) is 0 Å². The Bertz CT molecular complexity index is 382. The Morgan fingerprint density at radius 1 is 1.29 bits per heavy atom. The summed E-state index contributed by atoms with van der Waals surface area (Å²) in [7, 11) is 0. The Balaban J connectivity index is 2.62. The molecule has 0 radical (unpaired) electrons. The van der Waals surface area contributed by atoms with E-state index in [2.05, 4.69) is 19.2 Å². The molecule has 2 nitrogen and oxygen atoms in total. The van der Waals surface area contributed by atoms with Gasteiger partial charge in [-0.15, -0.1) is 0 Å². The SMILES string of the molecule is CC1NC(C)(C)c2ccccc2C1=O. The van der Waals surface area contributed by atoms with Crippen molar-refractivity contribution in [2.24, 2.45) is 0 Å². The van der Waals surface area contributed by atoms with Crippen molar-refractivity contribution in [3.05, 3.63) is 35.4 Å². The van der Waals surface area contributed by atoms with Crippen LogP contribution in [0.1, 0.15) is 36.7 Å². The first kappa shape index (κ1) is 9.41. The number of hydrogen-bond donors (Lipinski definition) is 1. The first-order valence-electron chi connectivity index (χ1n) is 4.94. The van der Waals surface area contributed by atoms with Gasteiger partial charge in [-0.3, -0.25) is 10.1 Å². The van der Waals surface area contributed by atoms with Gasteiger partial charge in [-0.05, 0) is 26.3 Å².